The summed E-state index contributed by atoms with van der Waals surface area (Å²) in [7, 11) is 0. The van der Waals surface area contributed by atoms with Crippen LogP contribution in [-0.2, 0) is 0 Å². The fourth-order valence-corrected chi connectivity index (χ4v) is 2.80. The van der Waals surface area contributed by atoms with Crippen LogP contribution in [0.2, 0.25) is 0 Å². The third-order valence-electron chi connectivity index (χ3n) is 4.70. The first kappa shape index (κ1) is 9.51. The molecular formula is C12H23N. The highest BCUT2D eigenvalue weighted by molar-refractivity contribution is 4.92. The Bertz CT molecular complexity index is 182. The van der Waals surface area contributed by atoms with Gasteiger partial charge in [-0.3, -0.25) is 0 Å². The van der Waals surface area contributed by atoms with Crippen LogP contribution in [0.15, 0.2) is 0 Å². The summed E-state index contributed by atoms with van der Waals surface area (Å²) in [5.74, 6) is 1.89. The van der Waals surface area contributed by atoms with Gasteiger partial charge in [-0.25, -0.2) is 0 Å². The van der Waals surface area contributed by atoms with E-state index >= 15 is 0 Å². The number of rotatable bonds is 2. The molecule has 0 N–H and O–H groups in total. The quantitative estimate of drug-likeness (QED) is 0.633. The first-order valence-electron chi connectivity index (χ1n) is 5.83. The van der Waals surface area contributed by atoms with Gasteiger partial charge in [-0.1, -0.05) is 20.8 Å². The summed E-state index contributed by atoms with van der Waals surface area (Å²) in [6.45, 7) is 11.5. The first-order valence-corrected chi connectivity index (χ1v) is 5.83. The molecule has 0 aromatic heterocycles. The van der Waals surface area contributed by atoms with Gasteiger partial charge in [-0.05, 0) is 49.6 Å². The molecule has 1 heterocycles. The van der Waals surface area contributed by atoms with E-state index in [1.807, 2.05) is 0 Å². The molecule has 2 rings (SSSR count). The molecule has 0 bridgehead atoms. The van der Waals surface area contributed by atoms with Crippen LogP contribution in [0.4, 0.5) is 0 Å². The third kappa shape index (κ3) is 1.63. The largest absolute Gasteiger partial charge is 0.303 e. The van der Waals surface area contributed by atoms with Crippen LogP contribution in [0.5, 0.6) is 0 Å². The van der Waals surface area contributed by atoms with Crippen molar-refractivity contribution < 1.29 is 0 Å². The van der Waals surface area contributed by atoms with Crippen molar-refractivity contribution in [1.82, 2.24) is 4.90 Å². The maximum absolute atomic E-state index is 2.63. The summed E-state index contributed by atoms with van der Waals surface area (Å²) in [6, 6.07) is 0. The number of hydrogen-bond donors (Lipinski definition) is 0. The van der Waals surface area contributed by atoms with Gasteiger partial charge in [0.2, 0.25) is 0 Å². The molecule has 1 unspecified atom stereocenters. The molecule has 1 nitrogen and oxygen atoms in total. The standard InChI is InChI=1S/C12H23N/c1-10-5-6-11(12(10,2)3)9-13-7-4-8-13/h10-11H,4-9H2,1-3H3/t10?,11-/m1/s1. The van der Waals surface area contributed by atoms with Gasteiger partial charge in [0.1, 0.15) is 0 Å². The van der Waals surface area contributed by atoms with Gasteiger partial charge in [0.25, 0.3) is 0 Å². The van der Waals surface area contributed by atoms with Crippen molar-refractivity contribution in [1.29, 1.82) is 0 Å². The van der Waals surface area contributed by atoms with Gasteiger partial charge in [-0.15, -0.1) is 0 Å². The summed E-state index contributed by atoms with van der Waals surface area (Å²) in [5, 5.41) is 0. The second-order valence-corrected chi connectivity index (χ2v) is 5.65. The SMILES string of the molecule is CC1CC[C@H](CN2CCC2)C1(C)C. The van der Waals surface area contributed by atoms with Gasteiger partial charge in [0.15, 0.2) is 0 Å². The topological polar surface area (TPSA) is 3.24 Å². The summed E-state index contributed by atoms with van der Waals surface area (Å²) in [6.07, 6.45) is 4.35. The number of hydrogen-bond acceptors (Lipinski definition) is 1. The zero-order chi connectivity index (χ0) is 9.47. The maximum atomic E-state index is 2.63. The minimum atomic E-state index is 0.593. The molecule has 2 fully saturated rings. The predicted molar refractivity (Wildman–Crippen MR) is 56.7 cm³/mol. The van der Waals surface area contributed by atoms with Crippen LogP contribution in [-0.4, -0.2) is 24.5 Å². The lowest BCUT2D eigenvalue weighted by molar-refractivity contribution is 0.0970. The highest BCUT2D eigenvalue weighted by Gasteiger charge is 2.41. The van der Waals surface area contributed by atoms with Crippen LogP contribution < -0.4 is 0 Å². The number of nitrogens with zero attached hydrogens (tertiary/aromatic N) is 1. The van der Waals surface area contributed by atoms with Crippen LogP contribution in [0.25, 0.3) is 0 Å². The molecule has 0 amide bonds. The Morgan fingerprint density at radius 1 is 1.23 bits per heavy atom. The average molecular weight is 181 g/mol. The van der Waals surface area contributed by atoms with Crippen LogP contribution in [0.1, 0.15) is 40.0 Å². The zero-order valence-electron chi connectivity index (χ0n) is 9.34. The Morgan fingerprint density at radius 2 is 1.92 bits per heavy atom. The summed E-state index contributed by atoms with van der Waals surface area (Å²) in [5.41, 5.74) is 0.593. The Morgan fingerprint density at radius 3 is 2.31 bits per heavy atom. The molecule has 0 aromatic carbocycles. The number of likely N-dealkylation sites (tertiary alicyclic amines) is 1. The Balaban J connectivity index is 1.91. The summed E-state index contributed by atoms with van der Waals surface area (Å²) in [4.78, 5) is 2.63. The van der Waals surface area contributed by atoms with E-state index in [4.69, 9.17) is 0 Å². The average Bonchev–Trinajstić information content (AvgIpc) is 2.22. The van der Waals surface area contributed by atoms with Crippen LogP contribution in [0, 0.1) is 17.3 Å². The minimum absolute atomic E-state index is 0.593. The minimum Gasteiger partial charge on any atom is -0.303 e. The molecule has 2 aliphatic rings. The monoisotopic (exact) mass is 181 g/mol. The van der Waals surface area contributed by atoms with Crippen molar-refractivity contribution in [2.24, 2.45) is 17.3 Å². The van der Waals surface area contributed by atoms with Crippen LogP contribution >= 0.6 is 0 Å². The highest BCUT2D eigenvalue weighted by Crippen LogP contribution is 2.47. The maximum Gasteiger partial charge on any atom is 0.00149 e. The lowest BCUT2D eigenvalue weighted by atomic mass is 9.76. The molecule has 13 heavy (non-hydrogen) atoms. The van der Waals surface area contributed by atoms with Gasteiger partial charge < -0.3 is 4.90 Å². The fourth-order valence-electron chi connectivity index (χ4n) is 2.80. The zero-order valence-corrected chi connectivity index (χ0v) is 9.34. The Kier molecular flexibility index (Phi) is 2.39. The van der Waals surface area contributed by atoms with E-state index in [-0.39, 0.29) is 0 Å². The smallest absolute Gasteiger partial charge is 0.00149 e. The molecule has 0 spiro atoms. The van der Waals surface area contributed by atoms with Crippen molar-refractivity contribution in [2.45, 2.75) is 40.0 Å². The second-order valence-electron chi connectivity index (χ2n) is 5.65. The molecular weight excluding hydrogens is 158 g/mol. The van der Waals surface area contributed by atoms with Crippen molar-refractivity contribution in [2.75, 3.05) is 19.6 Å². The highest BCUT2D eigenvalue weighted by atomic mass is 15.2. The van der Waals surface area contributed by atoms with E-state index in [1.165, 1.54) is 38.9 Å². The fraction of sp³-hybridized carbons (Fsp3) is 1.00. The van der Waals surface area contributed by atoms with Crippen molar-refractivity contribution in [3.63, 3.8) is 0 Å². The normalized spacial score (nSPS) is 39.0. The van der Waals surface area contributed by atoms with Crippen LogP contribution in [0.3, 0.4) is 0 Å². The third-order valence-corrected chi connectivity index (χ3v) is 4.70. The van der Waals surface area contributed by atoms with E-state index in [0.29, 0.717) is 5.41 Å². The van der Waals surface area contributed by atoms with Crippen molar-refractivity contribution in [3.8, 4) is 0 Å². The van der Waals surface area contributed by atoms with E-state index < -0.39 is 0 Å². The van der Waals surface area contributed by atoms with Gasteiger partial charge in [-0.2, -0.15) is 0 Å². The molecule has 1 aliphatic carbocycles. The lowest BCUT2D eigenvalue weighted by Crippen LogP contribution is -2.43. The summed E-state index contributed by atoms with van der Waals surface area (Å²) < 4.78 is 0. The van der Waals surface area contributed by atoms with E-state index in [1.54, 1.807) is 0 Å². The molecule has 1 aliphatic heterocycles. The van der Waals surface area contributed by atoms with E-state index in [9.17, 15) is 0 Å². The van der Waals surface area contributed by atoms with Crippen molar-refractivity contribution >= 4 is 0 Å². The van der Waals surface area contributed by atoms with Gasteiger partial charge in [0.05, 0.1) is 0 Å². The predicted octanol–water partition coefficient (Wildman–Crippen LogP) is 2.76. The molecule has 2 atom stereocenters. The first-order chi connectivity index (χ1) is 6.10. The molecule has 1 saturated carbocycles. The van der Waals surface area contributed by atoms with E-state index in [2.05, 4.69) is 25.7 Å². The van der Waals surface area contributed by atoms with Crippen molar-refractivity contribution in [3.05, 3.63) is 0 Å². The van der Waals surface area contributed by atoms with E-state index in [0.717, 1.165) is 11.8 Å². The lowest BCUT2D eigenvalue weighted by Gasteiger charge is -2.38. The molecule has 0 radical (unpaired) electrons. The molecule has 1 saturated heterocycles. The van der Waals surface area contributed by atoms with Gasteiger partial charge >= 0.3 is 0 Å². The molecule has 76 valence electrons. The molecule has 1 heteroatoms. The Labute approximate surface area is 82.5 Å². The van der Waals surface area contributed by atoms with Gasteiger partial charge in [0, 0.05) is 6.54 Å². The second kappa shape index (κ2) is 3.27. The molecule has 0 aromatic rings. The summed E-state index contributed by atoms with van der Waals surface area (Å²) >= 11 is 0. The Hall–Kier alpha value is -0.0400.